The first-order chi connectivity index (χ1) is 16.7. The van der Waals surface area contributed by atoms with Crippen molar-refractivity contribution < 1.29 is 14.1 Å². The summed E-state index contributed by atoms with van der Waals surface area (Å²) in [5.41, 5.74) is 5.12. The first kappa shape index (κ1) is 21.6. The molecule has 2 aromatic heterocycles. The van der Waals surface area contributed by atoms with Crippen LogP contribution in [0.25, 0.3) is 33.2 Å². The molecule has 3 aromatic carbocycles. The average molecular weight is 468 g/mol. The van der Waals surface area contributed by atoms with E-state index < -0.39 is 0 Å². The van der Waals surface area contributed by atoms with E-state index in [0.29, 0.717) is 12.3 Å². The summed E-state index contributed by atoms with van der Waals surface area (Å²) in [5, 5.41) is 9.84. The van der Waals surface area contributed by atoms with Gasteiger partial charge in [-0.2, -0.15) is 0 Å². The Bertz CT molecular complexity index is 1390. The Labute approximate surface area is 200 Å². The van der Waals surface area contributed by atoms with Crippen LogP contribution in [0.3, 0.4) is 0 Å². The first-order valence-electron chi connectivity index (χ1n) is 10.7. The van der Waals surface area contributed by atoms with Crippen molar-refractivity contribution in [2.75, 3.05) is 7.11 Å². The number of methoxy groups -OCH3 is 1. The van der Waals surface area contributed by atoms with Gasteiger partial charge in [-0.1, -0.05) is 59.8 Å². The van der Waals surface area contributed by atoms with E-state index in [2.05, 4.69) is 28.0 Å². The van der Waals surface area contributed by atoms with Crippen LogP contribution in [-0.2, 0) is 6.54 Å². The fourth-order valence-corrected chi connectivity index (χ4v) is 4.29. The molecule has 0 saturated heterocycles. The van der Waals surface area contributed by atoms with Gasteiger partial charge in [0.25, 0.3) is 5.91 Å². The van der Waals surface area contributed by atoms with Crippen molar-refractivity contribution in [1.29, 1.82) is 0 Å². The number of hydrogen-bond acceptors (Lipinski definition) is 6. The third-order valence-corrected chi connectivity index (χ3v) is 6.24. The normalized spacial score (nSPS) is 10.7. The number of carbonyl (C=O) groups is 1. The second-order valence-electron chi connectivity index (χ2n) is 7.59. The van der Waals surface area contributed by atoms with Crippen LogP contribution in [0.4, 0.5) is 0 Å². The van der Waals surface area contributed by atoms with E-state index in [9.17, 15) is 4.79 Å². The highest BCUT2D eigenvalue weighted by molar-refractivity contribution is 7.13. The Balaban J connectivity index is 1.20. The van der Waals surface area contributed by atoms with Gasteiger partial charge in [-0.05, 0) is 29.8 Å². The number of aromatic nitrogens is 2. The number of benzene rings is 3. The quantitative estimate of drug-likeness (QED) is 0.314. The van der Waals surface area contributed by atoms with E-state index in [0.717, 1.165) is 38.7 Å². The molecule has 2 heterocycles. The van der Waals surface area contributed by atoms with Gasteiger partial charge in [-0.25, -0.2) is 4.98 Å². The van der Waals surface area contributed by atoms with Crippen LogP contribution >= 0.6 is 11.3 Å². The number of ether oxygens (including phenoxy) is 1. The second-order valence-corrected chi connectivity index (χ2v) is 8.45. The molecular weight excluding hydrogens is 446 g/mol. The first-order valence-corrected chi connectivity index (χ1v) is 11.6. The second kappa shape index (κ2) is 9.72. The number of hydrogen-bond donors (Lipinski definition) is 1. The number of rotatable bonds is 7. The third-order valence-electron chi connectivity index (χ3n) is 5.35. The number of nitrogens with one attached hydrogen (secondary N) is 1. The summed E-state index contributed by atoms with van der Waals surface area (Å²) in [6.07, 6.45) is 0. The Kier molecular flexibility index (Phi) is 6.18. The Morgan fingerprint density at radius 3 is 2.41 bits per heavy atom. The number of carbonyl (C=O) groups excluding carboxylic acids is 1. The lowest BCUT2D eigenvalue weighted by Gasteiger charge is -2.04. The lowest BCUT2D eigenvalue weighted by Crippen LogP contribution is -2.22. The van der Waals surface area contributed by atoms with Crippen LogP contribution in [-0.4, -0.2) is 23.2 Å². The van der Waals surface area contributed by atoms with Gasteiger partial charge >= 0.3 is 0 Å². The molecule has 0 bridgehead atoms. The molecule has 0 atom stereocenters. The Morgan fingerprint density at radius 2 is 1.68 bits per heavy atom. The minimum absolute atomic E-state index is 0.235. The van der Waals surface area contributed by atoms with Gasteiger partial charge in [0, 0.05) is 34.7 Å². The number of thiazole rings is 1. The largest absolute Gasteiger partial charge is 0.497 e. The Morgan fingerprint density at radius 1 is 0.941 bits per heavy atom. The summed E-state index contributed by atoms with van der Waals surface area (Å²) in [7, 11) is 1.61. The highest BCUT2D eigenvalue weighted by Crippen LogP contribution is 2.29. The molecule has 0 aliphatic heterocycles. The molecule has 1 N–H and O–H groups in total. The molecule has 5 rings (SSSR count). The molecule has 168 valence electrons. The lowest BCUT2D eigenvalue weighted by molar-refractivity contribution is 0.0942. The fourth-order valence-electron chi connectivity index (χ4n) is 3.46. The summed E-state index contributed by atoms with van der Waals surface area (Å²) in [4.78, 5) is 17.3. The lowest BCUT2D eigenvalue weighted by atomic mass is 10.1. The van der Waals surface area contributed by atoms with E-state index in [4.69, 9.17) is 14.2 Å². The van der Waals surface area contributed by atoms with Crippen molar-refractivity contribution in [3.8, 4) is 38.9 Å². The molecule has 0 unspecified atom stereocenters. The van der Waals surface area contributed by atoms with Gasteiger partial charge in [0.05, 0.1) is 12.8 Å². The summed E-state index contributed by atoms with van der Waals surface area (Å²) in [6.45, 7) is 0.385. The van der Waals surface area contributed by atoms with Crippen LogP contribution in [0.5, 0.6) is 5.75 Å². The number of amides is 1. The molecule has 34 heavy (non-hydrogen) atoms. The maximum atomic E-state index is 12.5. The topological polar surface area (TPSA) is 77.2 Å². The average Bonchev–Trinajstić information content (AvgIpc) is 3.59. The van der Waals surface area contributed by atoms with Crippen molar-refractivity contribution in [2.45, 2.75) is 6.54 Å². The maximum absolute atomic E-state index is 12.5. The molecule has 0 saturated carbocycles. The smallest absolute Gasteiger partial charge is 0.273 e. The molecule has 5 aromatic rings. The van der Waals surface area contributed by atoms with Crippen LogP contribution in [0.15, 0.2) is 94.8 Å². The van der Waals surface area contributed by atoms with Crippen molar-refractivity contribution in [3.05, 3.63) is 102 Å². The molecule has 0 radical (unpaired) electrons. The van der Waals surface area contributed by atoms with E-state index in [-0.39, 0.29) is 11.6 Å². The van der Waals surface area contributed by atoms with Crippen molar-refractivity contribution in [2.24, 2.45) is 0 Å². The third kappa shape index (κ3) is 4.74. The van der Waals surface area contributed by atoms with E-state index in [1.54, 1.807) is 24.5 Å². The van der Waals surface area contributed by atoms with Gasteiger partial charge in [0.15, 0.2) is 11.5 Å². The van der Waals surface area contributed by atoms with Crippen molar-refractivity contribution in [1.82, 2.24) is 15.5 Å². The van der Waals surface area contributed by atoms with E-state index in [1.165, 1.54) is 0 Å². The van der Waals surface area contributed by atoms with Gasteiger partial charge < -0.3 is 14.6 Å². The molecule has 0 aliphatic carbocycles. The van der Waals surface area contributed by atoms with Crippen molar-refractivity contribution in [3.63, 3.8) is 0 Å². The zero-order chi connectivity index (χ0) is 23.3. The van der Waals surface area contributed by atoms with E-state index >= 15 is 0 Å². The molecule has 0 fully saturated rings. The predicted molar refractivity (Wildman–Crippen MR) is 133 cm³/mol. The van der Waals surface area contributed by atoms with Crippen LogP contribution in [0.2, 0.25) is 0 Å². The van der Waals surface area contributed by atoms with Crippen LogP contribution in [0, 0.1) is 0 Å². The minimum atomic E-state index is -0.292. The monoisotopic (exact) mass is 467 g/mol. The van der Waals surface area contributed by atoms with Crippen LogP contribution < -0.4 is 10.1 Å². The zero-order valence-corrected chi connectivity index (χ0v) is 19.2. The van der Waals surface area contributed by atoms with Crippen molar-refractivity contribution >= 4 is 17.2 Å². The maximum Gasteiger partial charge on any atom is 0.273 e. The summed E-state index contributed by atoms with van der Waals surface area (Å²) in [5.74, 6) is 0.980. The minimum Gasteiger partial charge on any atom is -0.497 e. The molecule has 0 aliphatic rings. The van der Waals surface area contributed by atoms with Gasteiger partial charge in [0.1, 0.15) is 10.8 Å². The summed E-state index contributed by atoms with van der Waals surface area (Å²) >= 11 is 1.63. The highest BCUT2D eigenvalue weighted by atomic mass is 32.1. The predicted octanol–water partition coefficient (Wildman–Crippen LogP) is 6.07. The zero-order valence-electron chi connectivity index (χ0n) is 18.4. The molecule has 6 nitrogen and oxygen atoms in total. The molecule has 1 amide bonds. The fraction of sp³-hybridized carbons (Fsp3) is 0.0741. The highest BCUT2D eigenvalue weighted by Gasteiger charge is 2.14. The molecule has 0 spiro atoms. The van der Waals surface area contributed by atoms with Gasteiger partial charge in [-0.15, -0.1) is 11.3 Å². The molecule has 7 heteroatoms. The Hall–Kier alpha value is -4.23. The van der Waals surface area contributed by atoms with Gasteiger partial charge in [-0.3, -0.25) is 4.79 Å². The summed E-state index contributed by atoms with van der Waals surface area (Å²) in [6, 6.07) is 27.2. The van der Waals surface area contributed by atoms with Crippen LogP contribution in [0.1, 0.15) is 16.1 Å². The standard InChI is InChI=1S/C27H21N3O3S/c1-32-22-13-11-20(12-14-22)25-15-23(30-33-25)26(31)28-16-18-7-9-19(10-8-18)24-17-34-27(29-24)21-5-3-2-4-6-21/h2-15,17H,16H2,1H3,(H,28,31). The van der Waals surface area contributed by atoms with Gasteiger partial charge in [0.2, 0.25) is 0 Å². The summed E-state index contributed by atoms with van der Waals surface area (Å²) < 4.78 is 10.5. The molecular formula is C27H21N3O3S. The SMILES string of the molecule is COc1ccc(-c2cc(C(=O)NCc3ccc(-c4csc(-c5ccccc5)n4)cc3)no2)cc1. The van der Waals surface area contributed by atoms with E-state index in [1.807, 2.05) is 66.7 Å². The number of nitrogens with zero attached hydrogens (tertiary/aromatic N) is 2.